The second-order valence-electron chi connectivity index (χ2n) is 5.50. The lowest BCUT2D eigenvalue weighted by Crippen LogP contribution is -2.40. The van der Waals surface area contributed by atoms with Crippen molar-refractivity contribution in [3.8, 4) is 5.88 Å². The minimum Gasteiger partial charge on any atom is -0.481 e. The van der Waals surface area contributed by atoms with Crippen LogP contribution in [0.25, 0.3) is 10.9 Å². The molecule has 2 rings (SSSR count). The van der Waals surface area contributed by atoms with Crippen LogP contribution in [0.2, 0.25) is 0 Å². The largest absolute Gasteiger partial charge is 0.481 e. The Morgan fingerprint density at radius 2 is 1.44 bits per heavy atom. The first kappa shape index (κ1) is 20.9. The smallest absolute Gasteiger partial charge is 0.417 e. The van der Waals surface area contributed by atoms with E-state index in [9.17, 15) is 39.5 Å². The Bertz CT molecular complexity index is 796. The lowest BCUT2D eigenvalue weighted by Gasteiger charge is -2.27. The standard InChI is InChI=1S/C15H11F9N2O/c1-27-12-5-10(15(22,23)24)9-4-8(2-3-11(9)25-12)26(6-13(16,17)18)7-14(19,20)21/h2-5H,6-7H2,1H3. The van der Waals surface area contributed by atoms with E-state index in [1.165, 1.54) is 0 Å². The molecule has 27 heavy (non-hydrogen) atoms. The van der Waals surface area contributed by atoms with E-state index in [0.29, 0.717) is 12.1 Å². The third-order valence-corrected chi connectivity index (χ3v) is 3.39. The molecule has 1 aromatic heterocycles. The van der Waals surface area contributed by atoms with Gasteiger partial charge in [-0.15, -0.1) is 0 Å². The first-order chi connectivity index (χ1) is 12.2. The molecule has 0 aliphatic carbocycles. The number of benzene rings is 1. The van der Waals surface area contributed by atoms with Crippen molar-refractivity contribution >= 4 is 16.6 Å². The molecule has 0 aliphatic heterocycles. The minimum atomic E-state index is -4.99. The maximum Gasteiger partial charge on any atom is 0.417 e. The summed E-state index contributed by atoms with van der Waals surface area (Å²) in [7, 11) is 1.07. The van der Waals surface area contributed by atoms with Crippen molar-refractivity contribution in [3.05, 3.63) is 29.8 Å². The molecule has 3 nitrogen and oxygen atoms in total. The molecule has 0 aliphatic rings. The van der Waals surface area contributed by atoms with Gasteiger partial charge >= 0.3 is 18.5 Å². The van der Waals surface area contributed by atoms with Crippen molar-refractivity contribution in [1.29, 1.82) is 0 Å². The number of aromatic nitrogens is 1. The van der Waals surface area contributed by atoms with Gasteiger partial charge in [0.15, 0.2) is 0 Å². The van der Waals surface area contributed by atoms with Crippen molar-refractivity contribution in [3.63, 3.8) is 0 Å². The molecule has 0 radical (unpaired) electrons. The maximum atomic E-state index is 13.3. The van der Waals surface area contributed by atoms with Crippen LogP contribution in [0.5, 0.6) is 5.88 Å². The second-order valence-corrected chi connectivity index (χ2v) is 5.50. The Hall–Kier alpha value is -2.40. The third-order valence-electron chi connectivity index (χ3n) is 3.39. The molecule has 0 N–H and O–H groups in total. The van der Waals surface area contributed by atoms with Crippen molar-refractivity contribution in [2.75, 3.05) is 25.1 Å². The Balaban J connectivity index is 2.63. The molecule has 0 atom stereocenters. The van der Waals surface area contributed by atoms with Gasteiger partial charge < -0.3 is 9.64 Å². The molecular weight excluding hydrogens is 395 g/mol. The van der Waals surface area contributed by atoms with Crippen LogP contribution < -0.4 is 9.64 Å². The molecule has 2 aromatic rings. The highest BCUT2D eigenvalue weighted by atomic mass is 19.4. The number of pyridine rings is 1. The summed E-state index contributed by atoms with van der Waals surface area (Å²) in [5.74, 6) is -0.398. The molecule has 1 aromatic carbocycles. The van der Waals surface area contributed by atoms with Gasteiger partial charge in [-0.1, -0.05) is 0 Å². The third kappa shape index (κ3) is 5.54. The van der Waals surface area contributed by atoms with Crippen LogP contribution in [0.4, 0.5) is 45.2 Å². The van der Waals surface area contributed by atoms with Crippen LogP contribution >= 0.6 is 0 Å². The van der Waals surface area contributed by atoms with E-state index in [4.69, 9.17) is 0 Å². The highest BCUT2D eigenvalue weighted by Crippen LogP contribution is 2.38. The normalized spacial score (nSPS) is 13.1. The molecule has 12 heteroatoms. The van der Waals surface area contributed by atoms with Crippen molar-refractivity contribution < 1.29 is 44.3 Å². The summed E-state index contributed by atoms with van der Waals surface area (Å²) in [6.45, 7) is -3.97. The molecule has 0 saturated carbocycles. The van der Waals surface area contributed by atoms with Gasteiger partial charge in [-0.25, -0.2) is 4.98 Å². The molecule has 0 saturated heterocycles. The van der Waals surface area contributed by atoms with E-state index in [1.807, 2.05) is 0 Å². The number of halogens is 9. The first-order valence-electron chi connectivity index (χ1n) is 7.14. The van der Waals surface area contributed by atoms with Gasteiger partial charge in [0.2, 0.25) is 5.88 Å². The quantitative estimate of drug-likeness (QED) is 0.654. The van der Waals surface area contributed by atoms with Gasteiger partial charge in [0.25, 0.3) is 0 Å². The van der Waals surface area contributed by atoms with Crippen LogP contribution in [0.3, 0.4) is 0 Å². The van der Waals surface area contributed by atoms with E-state index in [0.717, 1.165) is 19.2 Å². The molecular formula is C15H11F9N2O. The number of alkyl halides is 9. The Morgan fingerprint density at radius 1 is 0.889 bits per heavy atom. The molecule has 0 spiro atoms. The van der Waals surface area contributed by atoms with Crippen molar-refractivity contribution in [2.24, 2.45) is 0 Å². The zero-order valence-corrected chi connectivity index (χ0v) is 13.4. The van der Waals surface area contributed by atoms with Gasteiger partial charge in [-0.3, -0.25) is 0 Å². The zero-order chi connectivity index (χ0) is 20.6. The van der Waals surface area contributed by atoms with Crippen LogP contribution in [-0.2, 0) is 6.18 Å². The summed E-state index contributed by atoms with van der Waals surface area (Å²) < 4.78 is 120. The molecule has 0 fully saturated rings. The predicted octanol–water partition coefficient (Wildman–Crippen LogP) is 5.19. The predicted molar refractivity (Wildman–Crippen MR) is 77.6 cm³/mol. The Kier molecular flexibility index (Phi) is 5.39. The zero-order valence-electron chi connectivity index (χ0n) is 13.4. The lowest BCUT2D eigenvalue weighted by molar-refractivity contribution is -0.138. The number of anilines is 1. The highest BCUT2D eigenvalue weighted by molar-refractivity contribution is 5.87. The number of nitrogens with zero attached hydrogens (tertiary/aromatic N) is 2. The fourth-order valence-corrected chi connectivity index (χ4v) is 2.40. The number of hydrogen-bond donors (Lipinski definition) is 0. The average molecular weight is 406 g/mol. The summed E-state index contributed by atoms with van der Waals surface area (Å²) in [6, 6.07) is 2.86. The number of fused-ring (bicyclic) bond motifs is 1. The van der Waals surface area contributed by atoms with Gasteiger partial charge in [-0.2, -0.15) is 39.5 Å². The van der Waals surface area contributed by atoms with Crippen LogP contribution in [0.15, 0.2) is 24.3 Å². The summed E-state index contributed by atoms with van der Waals surface area (Å²) >= 11 is 0. The SMILES string of the molecule is COc1cc(C(F)(F)F)c2cc(N(CC(F)(F)F)CC(F)(F)F)ccc2n1. The van der Waals surface area contributed by atoms with E-state index >= 15 is 0 Å². The van der Waals surface area contributed by atoms with Gasteiger partial charge in [0.05, 0.1) is 18.2 Å². The molecule has 0 amide bonds. The maximum absolute atomic E-state index is 13.3. The highest BCUT2D eigenvalue weighted by Gasteiger charge is 2.38. The first-order valence-corrected chi connectivity index (χ1v) is 7.14. The summed E-state index contributed by atoms with van der Waals surface area (Å²) in [5.41, 5.74) is -2.25. The van der Waals surface area contributed by atoms with Crippen LogP contribution in [0.1, 0.15) is 5.56 Å². The molecule has 0 bridgehead atoms. The van der Waals surface area contributed by atoms with Crippen LogP contribution in [0, 0.1) is 0 Å². The molecule has 150 valence electrons. The summed E-state index contributed by atoms with van der Waals surface area (Å²) in [6.07, 6.45) is -14.9. The number of hydrogen-bond acceptors (Lipinski definition) is 3. The van der Waals surface area contributed by atoms with E-state index in [-0.39, 0.29) is 10.4 Å². The number of methoxy groups -OCH3 is 1. The Labute approximate surface area is 146 Å². The van der Waals surface area contributed by atoms with Gasteiger partial charge in [0, 0.05) is 17.1 Å². The van der Waals surface area contributed by atoms with E-state index in [2.05, 4.69) is 9.72 Å². The topological polar surface area (TPSA) is 25.4 Å². The summed E-state index contributed by atoms with van der Waals surface area (Å²) in [4.78, 5) is 3.64. The molecule has 1 heterocycles. The minimum absolute atomic E-state index is 0.0934. The Morgan fingerprint density at radius 3 is 1.89 bits per heavy atom. The fourth-order valence-electron chi connectivity index (χ4n) is 2.40. The number of ether oxygens (including phenoxy) is 1. The summed E-state index contributed by atoms with van der Waals surface area (Å²) in [5, 5.41) is -0.643. The van der Waals surface area contributed by atoms with Gasteiger partial charge in [0.1, 0.15) is 13.1 Å². The second kappa shape index (κ2) is 6.97. The van der Waals surface area contributed by atoms with Gasteiger partial charge in [-0.05, 0) is 18.2 Å². The number of rotatable bonds is 4. The monoisotopic (exact) mass is 406 g/mol. The molecule has 0 unspecified atom stereocenters. The average Bonchev–Trinajstić information content (AvgIpc) is 2.49. The fraction of sp³-hybridized carbons (Fsp3) is 0.400. The van der Waals surface area contributed by atoms with E-state index in [1.54, 1.807) is 0 Å². The lowest BCUT2D eigenvalue weighted by atomic mass is 10.1. The van der Waals surface area contributed by atoms with Crippen LogP contribution in [-0.4, -0.2) is 37.5 Å². The van der Waals surface area contributed by atoms with E-state index < -0.39 is 54.1 Å². The van der Waals surface area contributed by atoms with Crippen molar-refractivity contribution in [1.82, 2.24) is 4.98 Å². The van der Waals surface area contributed by atoms with Crippen molar-refractivity contribution in [2.45, 2.75) is 18.5 Å².